The second kappa shape index (κ2) is 17.1. The van der Waals surface area contributed by atoms with Gasteiger partial charge in [-0.1, -0.05) is 91.9 Å². The van der Waals surface area contributed by atoms with Crippen LogP contribution in [-0.2, 0) is 19.1 Å². The van der Waals surface area contributed by atoms with Gasteiger partial charge in [-0.05, 0) is 18.3 Å². The zero-order valence-corrected chi connectivity index (χ0v) is 18.4. The zero-order valence-electron chi connectivity index (χ0n) is 18.4. The highest BCUT2D eigenvalue weighted by Gasteiger charge is 2.14. The maximum Gasteiger partial charge on any atom is 0.305 e. The van der Waals surface area contributed by atoms with Crippen molar-refractivity contribution in [3.63, 3.8) is 0 Å². The minimum atomic E-state index is -0.233. The average Bonchev–Trinajstić information content (AvgIpc) is 2.60. The van der Waals surface area contributed by atoms with Gasteiger partial charge < -0.3 is 9.47 Å². The van der Waals surface area contributed by atoms with E-state index in [1.165, 1.54) is 57.8 Å². The molecule has 0 N–H and O–H groups in total. The number of hydrogen-bond acceptors (Lipinski definition) is 4. The van der Waals surface area contributed by atoms with E-state index in [0.717, 1.165) is 12.8 Å². The second-order valence-corrected chi connectivity index (χ2v) is 8.83. The largest absolute Gasteiger partial charge is 0.466 e. The maximum absolute atomic E-state index is 11.6. The molecule has 0 aromatic rings. The predicted molar refractivity (Wildman–Crippen MR) is 112 cm³/mol. The molecular formula is C23H44O4. The smallest absolute Gasteiger partial charge is 0.305 e. The summed E-state index contributed by atoms with van der Waals surface area (Å²) in [7, 11) is 0. The Balaban J connectivity index is 3.34. The highest BCUT2D eigenvalue weighted by molar-refractivity contribution is 5.72. The Labute approximate surface area is 167 Å². The summed E-state index contributed by atoms with van der Waals surface area (Å²) in [5.74, 6) is -0.436. The normalized spacial score (nSPS) is 11.4. The molecule has 0 radical (unpaired) electrons. The van der Waals surface area contributed by atoms with Crippen molar-refractivity contribution < 1.29 is 19.1 Å². The van der Waals surface area contributed by atoms with Crippen LogP contribution in [0.3, 0.4) is 0 Å². The third kappa shape index (κ3) is 21.1. The molecule has 0 aliphatic rings. The summed E-state index contributed by atoms with van der Waals surface area (Å²) >= 11 is 0. The van der Waals surface area contributed by atoms with E-state index < -0.39 is 0 Å². The lowest BCUT2D eigenvalue weighted by Crippen LogP contribution is -2.18. The van der Waals surface area contributed by atoms with Crippen molar-refractivity contribution in [1.82, 2.24) is 0 Å². The predicted octanol–water partition coefficient (Wildman–Crippen LogP) is 6.60. The van der Waals surface area contributed by atoms with Crippen molar-refractivity contribution in [3.05, 3.63) is 0 Å². The Morgan fingerprint density at radius 2 is 1.07 bits per heavy atom. The first-order chi connectivity index (χ1) is 12.8. The Morgan fingerprint density at radius 1 is 0.630 bits per heavy atom. The highest BCUT2D eigenvalue weighted by Crippen LogP contribution is 2.14. The van der Waals surface area contributed by atoms with E-state index in [-0.39, 0.29) is 23.8 Å². The van der Waals surface area contributed by atoms with Crippen molar-refractivity contribution in [2.45, 2.75) is 118 Å². The Bertz CT molecular complexity index is 371. The van der Waals surface area contributed by atoms with Crippen LogP contribution in [0, 0.1) is 5.41 Å². The molecule has 0 saturated heterocycles. The van der Waals surface area contributed by atoms with Crippen LogP contribution in [0.4, 0.5) is 0 Å². The molecule has 0 aliphatic heterocycles. The van der Waals surface area contributed by atoms with Gasteiger partial charge in [-0.25, -0.2) is 0 Å². The third-order valence-corrected chi connectivity index (χ3v) is 4.44. The van der Waals surface area contributed by atoms with Crippen LogP contribution in [-0.4, -0.2) is 25.2 Å². The Hall–Kier alpha value is -1.06. The van der Waals surface area contributed by atoms with E-state index in [1.807, 2.05) is 20.8 Å². The fourth-order valence-corrected chi connectivity index (χ4v) is 2.77. The molecule has 0 unspecified atom stereocenters. The first-order valence-electron chi connectivity index (χ1n) is 11.2. The molecule has 0 atom stereocenters. The fourth-order valence-electron chi connectivity index (χ4n) is 2.77. The average molecular weight is 385 g/mol. The van der Waals surface area contributed by atoms with Crippen molar-refractivity contribution in [1.29, 1.82) is 0 Å². The van der Waals surface area contributed by atoms with Gasteiger partial charge in [0.15, 0.2) is 0 Å². The Morgan fingerprint density at radius 3 is 1.56 bits per heavy atom. The molecule has 0 aromatic heterocycles. The number of unbranched alkanes of at least 4 members (excludes halogenated alkanes) is 10. The number of hydrogen-bond donors (Lipinski definition) is 0. The van der Waals surface area contributed by atoms with Gasteiger partial charge in [-0.15, -0.1) is 0 Å². The van der Waals surface area contributed by atoms with Crippen molar-refractivity contribution >= 4 is 11.9 Å². The van der Waals surface area contributed by atoms with Gasteiger partial charge in [0.05, 0.1) is 13.2 Å². The molecule has 0 aromatic carbocycles. The van der Waals surface area contributed by atoms with Gasteiger partial charge in [0.2, 0.25) is 0 Å². The molecule has 0 heterocycles. The molecule has 0 rings (SSSR count). The molecule has 0 aliphatic carbocycles. The summed E-state index contributed by atoms with van der Waals surface area (Å²) in [6, 6.07) is 0. The van der Waals surface area contributed by atoms with Crippen molar-refractivity contribution in [2.24, 2.45) is 5.41 Å². The van der Waals surface area contributed by atoms with Crippen LogP contribution >= 0.6 is 0 Å². The third-order valence-electron chi connectivity index (χ3n) is 4.44. The number of esters is 2. The highest BCUT2D eigenvalue weighted by atomic mass is 16.5. The molecule has 4 nitrogen and oxygen atoms in total. The first kappa shape index (κ1) is 25.9. The lowest BCUT2D eigenvalue weighted by atomic mass is 9.99. The van der Waals surface area contributed by atoms with Gasteiger partial charge in [0.25, 0.3) is 0 Å². The topological polar surface area (TPSA) is 52.6 Å². The summed E-state index contributed by atoms with van der Waals surface area (Å²) in [5.41, 5.74) is -0.0246. The zero-order chi connectivity index (χ0) is 20.4. The van der Waals surface area contributed by atoms with Crippen molar-refractivity contribution in [3.8, 4) is 0 Å². The van der Waals surface area contributed by atoms with Gasteiger partial charge in [-0.2, -0.15) is 0 Å². The van der Waals surface area contributed by atoms with Crippen LogP contribution < -0.4 is 0 Å². The molecule has 4 heteroatoms. The molecule has 0 fully saturated rings. The lowest BCUT2D eigenvalue weighted by Gasteiger charge is -2.17. The van der Waals surface area contributed by atoms with Gasteiger partial charge in [0.1, 0.15) is 0 Å². The molecule has 160 valence electrons. The van der Waals surface area contributed by atoms with Crippen LogP contribution in [0.25, 0.3) is 0 Å². The molecule has 0 spiro atoms. The minimum Gasteiger partial charge on any atom is -0.466 e. The van der Waals surface area contributed by atoms with Crippen LogP contribution in [0.1, 0.15) is 118 Å². The molecular weight excluding hydrogens is 340 g/mol. The molecule has 0 amide bonds. The van der Waals surface area contributed by atoms with Gasteiger partial charge in [-0.3, -0.25) is 9.59 Å². The van der Waals surface area contributed by atoms with Gasteiger partial charge in [0, 0.05) is 12.8 Å². The number of rotatable bonds is 17. The minimum absolute atomic E-state index is 0.0246. The summed E-state index contributed by atoms with van der Waals surface area (Å²) in [4.78, 5) is 23.2. The van der Waals surface area contributed by atoms with Gasteiger partial charge >= 0.3 is 11.9 Å². The maximum atomic E-state index is 11.6. The van der Waals surface area contributed by atoms with Crippen molar-refractivity contribution in [2.75, 3.05) is 13.2 Å². The van der Waals surface area contributed by atoms with E-state index >= 15 is 0 Å². The molecule has 0 bridgehead atoms. The van der Waals surface area contributed by atoms with Crippen LogP contribution in [0.2, 0.25) is 0 Å². The van der Waals surface area contributed by atoms with E-state index in [1.54, 1.807) is 0 Å². The van der Waals surface area contributed by atoms with E-state index in [2.05, 4.69) is 6.92 Å². The SMILES string of the molecule is CCCCCCCCCCCCCOC(=O)CCCC(=O)OCC(C)(C)C. The summed E-state index contributed by atoms with van der Waals surface area (Å²) in [6.45, 7) is 9.23. The van der Waals surface area contributed by atoms with E-state index in [0.29, 0.717) is 26.1 Å². The van der Waals surface area contributed by atoms with E-state index in [4.69, 9.17) is 9.47 Å². The molecule has 0 saturated carbocycles. The van der Waals surface area contributed by atoms with E-state index in [9.17, 15) is 9.59 Å². The monoisotopic (exact) mass is 384 g/mol. The number of carbonyl (C=O) groups is 2. The second-order valence-electron chi connectivity index (χ2n) is 8.83. The lowest BCUT2D eigenvalue weighted by molar-refractivity contribution is -0.147. The summed E-state index contributed by atoms with van der Waals surface area (Å²) in [6.07, 6.45) is 15.2. The Kier molecular flexibility index (Phi) is 16.4. The van der Waals surface area contributed by atoms with Crippen LogP contribution in [0.5, 0.6) is 0 Å². The first-order valence-corrected chi connectivity index (χ1v) is 11.2. The fraction of sp³-hybridized carbons (Fsp3) is 0.913. The summed E-state index contributed by atoms with van der Waals surface area (Å²) < 4.78 is 10.4. The number of carbonyl (C=O) groups excluding carboxylic acids is 2. The van der Waals surface area contributed by atoms with Crippen LogP contribution in [0.15, 0.2) is 0 Å². The standard InChI is InChI=1S/C23H44O4/c1-5-6-7-8-9-10-11-12-13-14-15-19-26-21(24)17-16-18-22(25)27-20-23(2,3)4/h5-20H2,1-4H3. The quantitative estimate of drug-likeness (QED) is 0.209. The number of ether oxygens (including phenoxy) is 2. The molecule has 27 heavy (non-hydrogen) atoms. The summed E-state index contributed by atoms with van der Waals surface area (Å²) in [5, 5.41) is 0.